The van der Waals surface area contributed by atoms with Crippen LogP contribution in [-0.4, -0.2) is 9.97 Å². The summed E-state index contributed by atoms with van der Waals surface area (Å²) in [7, 11) is 0. The number of anilines is 2. The van der Waals surface area contributed by atoms with Gasteiger partial charge in [-0.05, 0) is 12.1 Å². The second kappa shape index (κ2) is 3.60. The fraction of sp³-hybridized carbons (Fsp3) is 0. The predicted molar refractivity (Wildman–Crippen MR) is 65.0 cm³/mol. The van der Waals surface area contributed by atoms with Gasteiger partial charge in [-0.25, -0.2) is 9.97 Å². The van der Waals surface area contributed by atoms with Gasteiger partial charge in [0.1, 0.15) is 0 Å². The first-order chi connectivity index (χ1) is 7.42. The van der Waals surface area contributed by atoms with Gasteiger partial charge in [-0.1, -0.05) is 23.5 Å². The lowest BCUT2D eigenvalue weighted by Crippen LogP contribution is -1.86. The smallest absolute Gasteiger partial charge is 0.190 e. The monoisotopic (exact) mass is 233 g/mol. The van der Waals surface area contributed by atoms with Crippen LogP contribution in [-0.2, 0) is 0 Å². The largest absolute Gasteiger partial charge is 0.307 e. The summed E-state index contributed by atoms with van der Waals surface area (Å²) < 4.78 is 1.19. The molecule has 3 nitrogen and oxygen atoms in total. The standard InChI is InChI=1S/C10H7N3S2/c1-2-4-8-7(3-1)12-10(15-8)13-9-11-5-6-14-9/h1-6H,(H,11,12,13). The van der Waals surface area contributed by atoms with Crippen LogP contribution in [0.2, 0.25) is 0 Å². The number of hydrogen-bond acceptors (Lipinski definition) is 5. The highest BCUT2D eigenvalue weighted by Gasteiger charge is 2.03. The fourth-order valence-corrected chi connectivity index (χ4v) is 2.76. The first-order valence-electron chi connectivity index (χ1n) is 4.44. The molecule has 0 aliphatic carbocycles. The first kappa shape index (κ1) is 8.82. The second-order valence-electron chi connectivity index (χ2n) is 2.95. The molecule has 0 saturated heterocycles. The van der Waals surface area contributed by atoms with Crippen LogP contribution in [0.15, 0.2) is 35.8 Å². The minimum atomic E-state index is 0.883. The third-order valence-corrected chi connectivity index (χ3v) is 3.58. The molecule has 1 N–H and O–H groups in total. The summed E-state index contributed by atoms with van der Waals surface area (Å²) in [5.41, 5.74) is 1.03. The molecule has 2 heterocycles. The Morgan fingerprint density at radius 2 is 2.07 bits per heavy atom. The lowest BCUT2D eigenvalue weighted by atomic mass is 10.3. The maximum atomic E-state index is 4.46. The van der Waals surface area contributed by atoms with E-state index in [-0.39, 0.29) is 0 Å². The van der Waals surface area contributed by atoms with E-state index in [1.807, 2.05) is 23.6 Å². The van der Waals surface area contributed by atoms with Crippen LogP contribution in [0, 0.1) is 0 Å². The molecular formula is C10H7N3S2. The van der Waals surface area contributed by atoms with Gasteiger partial charge in [-0.3, -0.25) is 0 Å². The van der Waals surface area contributed by atoms with E-state index in [9.17, 15) is 0 Å². The van der Waals surface area contributed by atoms with Crippen molar-refractivity contribution in [3.05, 3.63) is 35.8 Å². The Balaban J connectivity index is 1.98. The molecule has 0 saturated carbocycles. The number of hydrogen-bond donors (Lipinski definition) is 1. The number of thiazole rings is 2. The molecular weight excluding hydrogens is 226 g/mol. The van der Waals surface area contributed by atoms with Crippen LogP contribution in [0.3, 0.4) is 0 Å². The summed E-state index contributed by atoms with van der Waals surface area (Å²) in [4.78, 5) is 8.62. The minimum Gasteiger partial charge on any atom is -0.307 e. The van der Waals surface area contributed by atoms with Crippen molar-refractivity contribution in [2.24, 2.45) is 0 Å². The Bertz CT molecular complexity index is 538. The average molecular weight is 233 g/mol. The van der Waals surface area contributed by atoms with Crippen LogP contribution in [0.25, 0.3) is 10.2 Å². The third kappa shape index (κ3) is 1.71. The summed E-state index contributed by atoms with van der Waals surface area (Å²) in [5.74, 6) is 0. The van der Waals surface area contributed by atoms with Crippen LogP contribution in [0.4, 0.5) is 10.3 Å². The number of aromatic nitrogens is 2. The quantitative estimate of drug-likeness (QED) is 0.736. The van der Waals surface area contributed by atoms with E-state index in [1.165, 1.54) is 4.70 Å². The zero-order valence-corrected chi connectivity index (χ0v) is 9.31. The number of nitrogens with one attached hydrogen (secondary N) is 1. The van der Waals surface area contributed by atoms with Crippen molar-refractivity contribution < 1.29 is 0 Å². The predicted octanol–water partition coefficient (Wildman–Crippen LogP) is 3.50. The molecule has 0 unspecified atom stereocenters. The summed E-state index contributed by atoms with van der Waals surface area (Å²) >= 11 is 3.21. The zero-order chi connectivity index (χ0) is 10.1. The molecule has 15 heavy (non-hydrogen) atoms. The number of para-hydroxylation sites is 1. The van der Waals surface area contributed by atoms with Crippen LogP contribution in [0.1, 0.15) is 0 Å². The van der Waals surface area contributed by atoms with Crippen molar-refractivity contribution in [1.82, 2.24) is 9.97 Å². The lowest BCUT2D eigenvalue weighted by molar-refractivity contribution is 1.37. The van der Waals surface area contributed by atoms with Crippen LogP contribution >= 0.6 is 22.7 Å². The molecule has 0 radical (unpaired) electrons. The molecule has 3 aromatic rings. The van der Waals surface area contributed by atoms with Gasteiger partial charge in [0.05, 0.1) is 10.2 Å². The van der Waals surface area contributed by atoms with E-state index in [4.69, 9.17) is 0 Å². The summed E-state index contributed by atoms with van der Waals surface area (Å²) in [6, 6.07) is 8.10. The van der Waals surface area contributed by atoms with Crippen molar-refractivity contribution in [3.8, 4) is 0 Å². The Hall–Kier alpha value is -1.46. The Labute approximate surface area is 94.4 Å². The van der Waals surface area contributed by atoms with E-state index in [0.717, 1.165) is 15.8 Å². The normalized spacial score (nSPS) is 10.7. The molecule has 0 bridgehead atoms. The van der Waals surface area contributed by atoms with Crippen molar-refractivity contribution in [1.29, 1.82) is 0 Å². The molecule has 0 amide bonds. The first-order valence-corrected chi connectivity index (χ1v) is 6.13. The lowest BCUT2D eigenvalue weighted by Gasteiger charge is -1.93. The van der Waals surface area contributed by atoms with Gasteiger partial charge in [0.15, 0.2) is 10.3 Å². The topological polar surface area (TPSA) is 37.8 Å². The van der Waals surface area contributed by atoms with Gasteiger partial charge in [0.25, 0.3) is 0 Å². The average Bonchev–Trinajstić information content (AvgIpc) is 2.86. The highest BCUT2D eigenvalue weighted by Crippen LogP contribution is 2.28. The van der Waals surface area contributed by atoms with E-state index in [0.29, 0.717) is 0 Å². The molecule has 0 atom stereocenters. The van der Waals surface area contributed by atoms with Gasteiger partial charge in [0.2, 0.25) is 0 Å². The molecule has 0 aliphatic heterocycles. The van der Waals surface area contributed by atoms with Crippen molar-refractivity contribution in [2.75, 3.05) is 5.32 Å². The molecule has 0 spiro atoms. The second-order valence-corrected chi connectivity index (χ2v) is 4.87. The maximum Gasteiger partial charge on any atom is 0.190 e. The van der Waals surface area contributed by atoms with Crippen molar-refractivity contribution in [2.45, 2.75) is 0 Å². The van der Waals surface area contributed by atoms with Crippen LogP contribution in [0.5, 0.6) is 0 Å². The summed E-state index contributed by atoms with van der Waals surface area (Å²) in [5, 5.41) is 6.91. The van der Waals surface area contributed by atoms with Crippen molar-refractivity contribution in [3.63, 3.8) is 0 Å². The fourth-order valence-electron chi connectivity index (χ4n) is 1.30. The van der Waals surface area contributed by atoms with Gasteiger partial charge in [-0.2, -0.15) is 0 Å². The minimum absolute atomic E-state index is 0.883. The summed E-state index contributed by atoms with van der Waals surface area (Å²) in [6.07, 6.45) is 1.78. The highest BCUT2D eigenvalue weighted by molar-refractivity contribution is 7.22. The number of rotatable bonds is 2. The number of nitrogens with zero attached hydrogens (tertiary/aromatic N) is 2. The Morgan fingerprint density at radius 1 is 1.13 bits per heavy atom. The van der Waals surface area contributed by atoms with Gasteiger partial charge in [-0.15, -0.1) is 11.3 Å². The van der Waals surface area contributed by atoms with E-state index < -0.39 is 0 Å². The van der Waals surface area contributed by atoms with E-state index >= 15 is 0 Å². The highest BCUT2D eigenvalue weighted by atomic mass is 32.1. The zero-order valence-electron chi connectivity index (χ0n) is 7.68. The molecule has 74 valence electrons. The third-order valence-electron chi connectivity index (χ3n) is 1.94. The van der Waals surface area contributed by atoms with Gasteiger partial charge >= 0.3 is 0 Å². The van der Waals surface area contributed by atoms with E-state index in [2.05, 4.69) is 21.4 Å². The van der Waals surface area contributed by atoms with Crippen molar-refractivity contribution >= 4 is 43.2 Å². The SMILES string of the molecule is c1ccc2sc(Nc3nccs3)nc2c1. The van der Waals surface area contributed by atoms with Gasteiger partial charge < -0.3 is 5.32 Å². The molecule has 3 rings (SSSR count). The Morgan fingerprint density at radius 3 is 2.87 bits per heavy atom. The number of benzene rings is 1. The summed E-state index contributed by atoms with van der Waals surface area (Å²) in [6.45, 7) is 0. The van der Waals surface area contributed by atoms with Gasteiger partial charge in [0, 0.05) is 11.6 Å². The van der Waals surface area contributed by atoms with Crippen LogP contribution < -0.4 is 5.32 Å². The Kier molecular flexibility index (Phi) is 2.12. The van der Waals surface area contributed by atoms with E-state index in [1.54, 1.807) is 28.9 Å². The molecule has 0 aliphatic rings. The molecule has 0 fully saturated rings. The molecule has 2 aromatic heterocycles. The maximum absolute atomic E-state index is 4.46. The number of fused-ring (bicyclic) bond motifs is 1. The molecule has 5 heteroatoms. The molecule has 1 aromatic carbocycles.